The predicted molar refractivity (Wildman–Crippen MR) is 69.4 cm³/mol. The number of nitro groups is 1. The van der Waals surface area contributed by atoms with Crippen LogP contribution in [0, 0.1) is 10.1 Å². The van der Waals surface area contributed by atoms with Gasteiger partial charge in [0, 0.05) is 12.1 Å². The van der Waals surface area contributed by atoms with E-state index in [0.29, 0.717) is 6.54 Å². The SMILES string of the molecule is CN(C)C(C)(C)CNc1nc(N)ncc1[N+](=O)[O-]. The van der Waals surface area contributed by atoms with Crippen molar-refractivity contribution in [2.24, 2.45) is 0 Å². The zero-order chi connectivity index (χ0) is 13.9. The van der Waals surface area contributed by atoms with Gasteiger partial charge in [-0.25, -0.2) is 4.98 Å². The van der Waals surface area contributed by atoms with Crippen molar-refractivity contribution in [3.63, 3.8) is 0 Å². The van der Waals surface area contributed by atoms with Gasteiger partial charge in [0.05, 0.1) is 4.92 Å². The fourth-order valence-corrected chi connectivity index (χ4v) is 1.11. The molecule has 0 saturated heterocycles. The van der Waals surface area contributed by atoms with Crippen LogP contribution in [0.2, 0.25) is 0 Å². The third-order valence-corrected chi connectivity index (χ3v) is 2.88. The second-order valence-corrected chi connectivity index (χ2v) is 4.78. The highest BCUT2D eigenvalue weighted by atomic mass is 16.6. The summed E-state index contributed by atoms with van der Waals surface area (Å²) in [5, 5.41) is 13.8. The molecule has 0 radical (unpaired) electrons. The van der Waals surface area contributed by atoms with E-state index in [1.165, 1.54) is 0 Å². The van der Waals surface area contributed by atoms with Crippen molar-refractivity contribution < 1.29 is 4.92 Å². The van der Waals surface area contributed by atoms with Gasteiger partial charge in [-0.2, -0.15) is 4.98 Å². The summed E-state index contributed by atoms with van der Waals surface area (Å²) in [4.78, 5) is 19.8. The zero-order valence-corrected chi connectivity index (χ0v) is 11.0. The van der Waals surface area contributed by atoms with Crippen molar-refractivity contribution in [3.05, 3.63) is 16.3 Å². The molecule has 0 bridgehead atoms. The molecular formula is C10H18N6O2. The Morgan fingerprint density at radius 2 is 2.17 bits per heavy atom. The second kappa shape index (κ2) is 5.13. The van der Waals surface area contributed by atoms with Gasteiger partial charge in [-0.1, -0.05) is 0 Å². The first-order valence-electron chi connectivity index (χ1n) is 5.42. The molecular weight excluding hydrogens is 236 g/mol. The fraction of sp³-hybridized carbons (Fsp3) is 0.600. The molecule has 1 aromatic rings. The van der Waals surface area contributed by atoms with Crippen molar-refractivity contribution in [1.82, 2.24) is 14.9 Å². The quantitative estimate of drug-likeness (QED) is 0.588. The van der Waals surface area contributed by atoms with Gasteiger partial charge in [0.25, 0.3) is 0 Å². The summed E-state index contributed by atoms with van der Waals surface area (Å²) in [7, 11) is 3.87. The molecule has 1 rings (SSSR count). The maximum atomic E-state index is 10.8. The molecule has 0 amide bonds. The molecule has 0 aliphatic heterocycles. The Balaban J connectivity index is 2.90. The third-order valence-electron chi connectivity index (χ3n) is 2.88. The van der Waals surface area contributed by atoms with Crippen LogP contribution >= 0.6 is 0 Å². The minimum Gasteiger partial charge on any atom is -0.368 e. The first-order valence-corrected chi connectivity index (χ1v) is 5.42. The maximum Gasteiger partial charge on any atom is 0.329 e. The van der Waals surface area contributed by atoms with Gasteiger partial charge >= 0.3 is 5.69 Å². The molecule has 100 valence electrons. The fourth-order valence-electron chi connectivity index (χ4n) is 1.11. The third kappa shape index (κ3) is 3.27. The van der Waals surface area contributed by atoms with Crippen molar-refractivity contribution in [1.29, 1.82) is 0 Å². The molecule has 0 aliphatic rings. The van der Waals surface area contributed by atoms with Crippen molar-refractivity contribution in [3.8, 4) is 0 Å². The lowest BCUT2D eigenvalue weighted by Gasteiger charge is -2.32. The Morgan fingerprint density at radius 3 is 2.67 bits per heavy atom. The summed E-state index contributed by atoms with van der Waals surface area (Å²) >= 11 is 0. The van der Waals surface area contributed by atoms with E-state index in [4.69, 9.17) is 5.73 Å². The number of nitrogen functional groups attached to an aromatic ring is 1. The number of rotatable bonds is 5. The van der Waals surface area contributed by atoms with Crippen LogP contribution in [0.1, 0.15) is 13.8 Å². The van der Waals surface area contributed by atoms with E-state index in [-0.39, 0.29) is 23.0 Å². The number of hydrogen-bond donors (Lipinski definition) is 2. The van der Waals surface area contributed by atoms with E-state index in [2.05, 4.69) is 15.3 Å². The highest BCUT2D eigenvalue weighted by Gasteiger charge is 2.23. The van der Waals surface area contributed by atoms with Gasteiger partial charge < -0.3 is 16.0 Å². The topological polar surface area (TPSA) is 110 Å². The maximum absolute atomic E-state index is 10.8. The Morgan fingerprint density at radius 1 is 1.56 bits per heavy atom. The van der Waals surface area contributed by atoms with Crippen molar-refractivity contribution in [2.75, 3.05) is 31.7 Å². The van der Waals surface area contributed by atoms with Gasteiger partial charge in [0.2, 0.25) is 11.8 Å². The molecule has 1 aromatic heterocycles. The smallest absolute Gasteiger partial charge is 0.329 e. The van der Waals surface area contributed by atoms with Crippen LogP contribution in [0.25, 0.3) is 0 Å². The van der Waals surface area contributed by atoms with Crippen LogP contribution in [-0.2, 0) is 0 Å². The highest BCUT2D eigenvalue weighted by Crippen LogP contribution is 2.22. The van der Waals surface area contributed by atoms with E-state index in [0.717, 1.165) is 6.20 Å². The van der Waals surface area contributed by atoms with Crippen LogP contribution < -0.4 is 11.1 Å². The summed E-state index contributed by atoms with van der Waals surface area (Å²) in [6.45, 7) is 4.52. The number of nitrogens with one attached hydrogen (secondary N) is 1. The molecule has 3 N–H and O–H groups in total. The number of aromatic nitrogens is 2. The summed E-state index contributed by atoms with van der Waals surface area (Å²) in [6.07, 6.45) is 1.10. The molecule has 0 atom stereocenters. The molecule has 0 aromatic carbocycles. The van der Waals surface area contributed by atoms with Gasteiger partial charge in [-0.15, -0.1) is 0 Å². The van der Waals surface area contributed by atoms with Crippen molar-refractivity contribution in [2.45, 2.75) is 19.4 Å². The summed E-state index contributed by atoms with van der Waals surface area (Å²) in [6, 6.07) is 0. The van der Waals surface area contributed by atoms with E-state index in [1.807, 2.05) is 32.8 Å². The summed E-state index contributed by atoms with van der Waals surface area (Å²) in [5.41, 5.74) is 5.08. The molecule has 1 heterocycles. The molecule has 0 fully saturated rings. The molecule has 8 nitrogen and oxygen atoms in total. The first-order chi connectivity index (χ1) is 8.24. The molecule has 0 aliphatic carbocycles. The highest BCUT2D eigenvalue weighted by molar-refractivity contribution is 5.56. The average molecular weight is 254 g/mol. The molecule has 0 spiro atoms. The number of nitrogens with zero attached hydrogens (tertiary/aromatic N) is 4. The number of nitrogens with two attached hydrogens (primary N) is 1. The van der Waals surface area contributed by atoms with Crippen LogP contribution in [0.4, 0.5) is 17.5 Å². The van der Waals surface area contributed by atoms with Crippen molar-refractivity contribution >= 4 is 17.5 Å². The first kappa shape index (κ1) is 14.1. The molecule has 0 saturated carbocycles. The number of likely N-dealkylation sites (N-methyl/N-ethyl adjacent to an activating group) is 1. The van der Waals surface area contributed by atoms with Gasteiger partial charge in [-0.05, 0) is 27.9 Å². The van der Waals surface area contributed by atoms with Gasteiger partial charge in [0.1, 0.15) is 6.20 Å². The minimum absolute atomic E-state index is 0.00533. The second-order valence-electron chi connectivity index (χ2n) is 4.78. The van der Waals surface area contributed by atoms with Gasteiger partial charge in [0.15, 0.2) is 0 Å². The van der Waals surface area contributed by atoms with E-state index in [1.54, 1.807) is 0 Å². The number of hydrogen-bond acceptors (Lipinski definition) is 7. The normalized spacial score (nSPS) is 11.6. The average Bonchev–Trinajstić information content (AvgIpc) is 2.26. The van der Waals surface area contributed by atoms with Gasteiger partial charge in [-0.3, -0.25) is 10.1 Å². The van der Waals surface area contributed by atoms with Crippen LogP contribution in [0.15, 0.2) is 6.20 Å². The Bertz CT molecular complexity index is 446. The Kier molecular flexibility index (Phi) is 4.02. The predicted octanol–water partition coefficient (Wildman–Crippen LogP) is 0.719. The zero-order valence-electron chi connectivity index (χ0n) is 11.0. The largest absolute Gasteiger partial charge is 0.368 e. The van der Waals surface area contributed by atoms with E-state index in [9.17, 15) is 10.1 Å². The lowest BCUT2D eigenvalue weighted by molar-refractivity contribution is -0.384. The standard InChI is InChI=1S/C10H18N6O2/c1-10(2,15(3)4)6-13-8-7(16(17)18)5-12-9(11)14-8/h5H,6H2,1-4H3,(H3,11,12,13,14). The van der Waals surface area contributed by atoms with Crippen LogP contribution in [0.3, 0.4) is 0 Å². The lowest BCUT2D eigenvalue weighted by atomic mass is 10.0. The van der Waals surface area contributed by atoms with Crippen LogP contribution in [-0.4, -0.2) is 46.0 Å². The molecule has 18 heavy (non-hydrogen) atoms. The van der Waals surface area contributed by atoms with Crippen LogP contribution in [0.5, 0.6) is 0 Å². The Labute approximate surface area is 105 Å². The van der Waals surface area contributed by atoms with E-state index < -0.39 is 4.92 Å². The minimum atomic E-state index is -0.537. The monoisotopic (exact) mass is 254 g/mol. The molecule has 0 unspecified atom stereocenters. The lowest BCUT2D eigenvalue weighted by Crippen LogP contribution is -2.44. The summed E-state index contributed by atoms with van der Waals surface area (Å²) in [5.74, 6) is 0.146. The Hall–Kier alpha value is -1.96. The summed E-state index contributed by atoms with van der Waals surface area (Å²) < 4.78 is 0. The molecule has 8 heteroatoms. The number of anilines is 2. The van der Waals surface area contributed by atoms with E-state index >= 15 is 0 Å².